The summed E-state index contributed by atoms with van der Waals surface area (Å²) in [5.41, 5.74) is -0.398. The molecule has 0 aliphatic rings. The number of aromatic hydroxyl groups is 2. The number of phenolic OH excluding ortho intramolecular Hbond substituents is 2. The average Bonchev–Trinajstić information content (AvgIpc) is 2.01. The number of aliphatic hydroxyl groups excluding tert-OH is 1. The van der Waals surface area contributed by atoms with Crippen molar-refractivity contribution >= 4 is 11.6 Å². The first-order valence-electron chi connectivity index (χ1n) is 3.53. The largest absolute Gasteiger partial charge is 0.504 e. The standard InChI is InChI=1S/C8H8ClFO3/c1-3(11)6-7(10)4(9)2-5(12)8(6)13/h2-3,11-13H,1H3. The van der Waals surface area contributed by atoms with Crippen LogP contribution in [-0.2, 0) is 0 Å². The van der Waals surface area contributed by atoms with E-state index in [0.717, 1.165) is 6.07 Å². The summed E-state index contributed by atoms with van der Waals surface area (Å²) in [6.07, 6.45) is -1.23. The minimum absolute atomic E-state index is 0.341. The van der Waals surface area contributed by atoms with Gasteiger partial charge in [-0.25, -0.2) is 4.39 Å². The maximum absolute atomic E-state index is 13.1. The predicted octanol–water partition coefficient (Wildman–Crippen LogP) is 1.94. The number of benzene rings is 1. The Morgan fingerprint density at radius 2 is 2.00 bits per heavy atom. The van der Waals surface area contributed by atoms with Crippen LogP contribution in [0.15, 0.2) is 6.07 Å². The van der Waals surface area contributed by atoms with Crippen molar-refractivity contribution < 1.29 is 19.7 Å². The van der Waals surface area contributed by atoms with Gasteiger partial charge in [0.1, 0.15) is 0 Å². The fraction of sp³-hybridized carbons (Fsp3) is 0.250. The Bertz CT molecular complexity index is 312. The van der Waals surface area contributed by atoms with Crippen molar-refractivity contribution in [2.75, 3.05) is 0 Å². The van der Waals surface area contributed by atoms with Gasteiger partial charge in [-0.2, -0.15) is 0 Å². The Hall–Kier alpha value is -1.00. The van der Waals surface area contributed by atoms with Crippen molar-refractivity contribution in [2.45, 2.75) is 13.0 Å². The van der Waals surface area contributed by atoms with E-state index < -0.39 is 29.0 Å². The molecule has 1 rings (SSSR count). The Morgan fingerprint density at radius 1 is 1.46 bits per heavy atom. The van der Waals surface area contributed by atoms with Gasteiger partial charge in [-0.05, 0) is 6.92 Å². The first kappa shape index (κ1) is 10.1. The van der Waals surface area contributed by atoms with Crippen molar-refractivity contribution in [3.63, 3.8) is 0 Å². The van der Waals surface area contributed by atoms with Crippen LogP contribution in [-0.4, -0.2) is 15.3 Å². The lowest BCUT2D eigenvalue weighted by Gasteiger charge is -2.10. The van der Waals surface area contributed by atoms with Crippen molar-refractivity contribution in [3.8, 4) is 11.5 Å². The predicted molar refractivity (Wildman–Crippen MR) is 45.4 cm³/mol. The second kappa shape index (κ2) is 3.40. The van der Waals surface area contributed by atoms with E-state index in [9.17, 15) is 4.39 Å². The van der Waals surface area contributed by atoms with Gasteiger partial charge in [0.2, 0.25) is 0 Å². The first-order valence-corrected chi connectivity index (χ1v) is 3.90. The minimum Gasteiger partial charge on any atom is -0.504 e. The summed E-state index contributed by atoms with van der Waals surface area (Å²) in [5, 5.41) is 26.9. The van der Waals surface area contributed by atoms with Gasteiger partial charge in [0.15, 0.2) is 17.3 Å². The van der Waals surface area contributed by atoms with E-state index in [1.165, 1.54) is 6.92 Å². The number of hydrogen-bond acceptors (Lipinski definition) is 3. The lowest BCUT2D eigenvalue weighted by atomic mass is 10.1. The molecule has 3 N–H and O–H groups in total. The SMILES string of the molecule is CC(O)c1c(O)c(O)cc(Cl)c1F. The molecule has 0 saturated carbocycles. The molecule has 0 aliphatic heterocycles. The molecule has 1 unspecified atom stereocenters. The zero-order chi connectivity index (χ0) is 10.2. The number of rotatable bonds is 1. The second-order valence-electron chi connectivity index (χ2n) is 2.63. The van der Waals surface area contributed by atoms with Crippen LogP contribution in [0.3, 0.4) is 0 Å². The van der Waals surface area contributed by atoms with Crippen LogP contribution in [0.25, 0.3) is 0 Å². The normalized spacial score (nSPS) is 12.9. The van der Waals surface area contributed by atoms with E-state index in [2.05, 4.69) is 0 Å². The zero-order valence-corrected chi connectivity index (χ0v) is 7.51. The molecule has 0 radical (unpaired) electrons. The summed E-state index contributed by atoms with van der Waals surface area (Å²) in [6.45, 7) is 1.26. The monoisotopic (exact) mass is 206 g/mol. The third-order valence-corrected chi connectivity index (χ3v) is 1.90. The summed E-state index contributed by atoms with van der Waals surface area (Å²) in [7, 11) is 0. The average molecular weight is 207 g/mol. The fourth-order valence-corrected chi connectivity index (χ4v) is 1.21. The molecule has 0 spiro atoms. The summed E-state index contributed by atoms with van der Waals surface area (Å²) in [6, 6.07) is 0.873. The Labute approximate surface area is 79.0 Å². The highest BCUT2D eigenvalue weighted by Gasteiger charge is 2.19. The molecule has 1 aromatic rings. The van der Waals surface area contributed by atoms with Crippen molar-refractivity contribution in [1.29, 1.82) is 0 Å². The molecular weight excluding hydrogens is 199 g/mol. The molecule has 0 aromatic heterocycles. The molecule has 0 saturated heterocycles. The fourth-order valence-electron chi connectivity index (χ4n) is 1.00. The van der Waals surface area contributed by atoms with E-state index in [4.69, 9.17) is 26.9 Å². The highest BCUT2D eigenvalue weighted by Crippen LogP contribution is 2.38. The van der Waals surface area contributed by atoms with E-state index >= 15 is 0 Å². The van der Waals surface area contributed by atoms with Crippen LogP contribution in [0.5, 0.6) is 11.5 Å². The van der Waals surface area contributed by atoms with Crippen molar-refractivity contribution in [2.24, 2.45) is 0 Å². The van der Waals surface area contributed by atoms with Gasteiger partial charge in [-0.15, -0.1) is 0 Å². The molecule has 1 atom stereocenters. The van der Waals surface area contributed by atoms with Crippen LogP contribution in [0.4, 0.5) is 4.39 Å². The van der Waals surface area contributed by atoms with E-state index in [0.29, 0.717) is 0 Å². The van der Waals surface area contributed by atoms with Crippen LogP contribution in [0.1, 0.15) is 18.6 Å². The van der Waals surface area contributed by atoms with Crippen molar-refractivity contribution in [3.05, 3.63) is 22.5 Å². The Morgan fingerprint density at radius 3 is 2.46 bits per heavy atom. The summed E-state index contributed by atoms with van der Waals surface area (Å²) in [4.78, 5) is 0. The summed E-state index contributed by atoms with van der Waals surface area (Å²) in [5.74, 6) is -2.16. The molecule has 0 fully saturated rings. The first-order chi connectivity index (χ1) is 5.95. The van der Waals surface area contributed by atoms with Gasteiger partial charge in [0.05, 0.1) is 16.7 Å². The van der Waals surface area contributed by atoms with E-state index in [1.807, 2.05) is 0 Å². The van der Waals surface area contributed by atoms with Crippen molar-refractivity contribution in [1.82, 2.24) is 0 Å². The Kier molecular flexibility index (Phi) is 2.63. The molecule has 0 amide bonds. The third-order valence-electron chi connectivity index (χ3n) is 1.63. The maximum atomic E-state index is 13.1. The topological polar surface area (TPSA) is 60.7 Å². The Balaban J connectivity index is 3.46. The number of hydrogen-bond donors (Lipinski definition) is 3. The third kappa shape index (κ3) is 1.68. The highest BCUT2D eigenvalue weighted by atomic mass is 35.5. The maximum Gasteiger partial charge on any atom is 0.166 e. The van der Waals surface area contributed by atoms with Gasteiger partial charge in [0.25, 0.3) is 0 Å². The molecular formula is C8H8ClFO3. The zero-order valence-electron chi connectivity index (χ0n) is 6.75. The number of aliphatic hydroxyl groups is 1. The molecule has 13 heavy (non-hydrogen) atoms. The lowest BCUT2D eigenvalue weighted by molar-refractivity contribution is 0.188. The van der Waals surface area contributed by atoms with Crippen LogP contribution in [0, 0.1) is 5.82 Å². The van der Waals surface area contributed by atoms with Gasteiger partial charge in [0, 0.05) is 6.07 Å². The molecule has 0 heterocycles. The van der Waals surface area contributed by atoms with Gasteiger partial charge in [-0.1, -0.05) is 11.6 Å². The minimum atomic E-state index is -1.23. The molecule has 1 aromatic carbocycles. The smallest absolute Gasteiger partial charge is 0.166 e. The summed E-state index contributed by atoms with van der Waals surface area (Å²) >= 11 is 5.38. The molecule has 3 nitrogen and oxygen atoms in total. The summed E-state index contributed by atoms with van der Waals surface area (Å²) < 4.78 is 13.1. The molecule has 72 valence electrons. The van der Waals surface area contributed by atoms with Crippen LogP contribution >= 0.6 is 11.6 Å². The van der Waals surface area contributed by atoms with Crippen LogP contribution in [0.2, 0.25) is 5.02 Å². The molecule has 5 heteroatoms. The quantitative estimate of drug-likeness (QED) is 0.616. The van der Waals surface area contributed by atoms with Gasteiger partial charge < -0.3 is 15.3 Å². The van der Waals surface area contributed by atoms with E-state index in [-0.39, 0.29) is 5.02 Å². The second-order valence-corrected chi connectivity index (χ2v) is 3.04. The van der Waals surface area contributed by atoms with Crippen LogP contribution < -0.4 is 0 Å². The lowest BCUT2D eigenvalue weighted by Crippen LogP contribution is -1.97. The highest BCUT2D eigenvalue weighted by molar-refractivity contribution is 6.31. The molecule has 0 bridgehead atoms. The number of halogens is 2. The van der Waals surface area contributed by atoms with E-state index in [1.54, 1.807) is 0 Å². The molecule has 0 aliphatic carbocycles. The number of phenols is 2. The van der Waals surface area contributed by atoms with Gasteiger partial charge in [-0.3, -0.25) is 0 Å². The van der Waals surface area contributed by atoms with Gasteiger partial charge >= 0.3 is 0 Å².